The molecule has 2 aliphatic rings. The molecule has 1 aromatic heterocycles. The third-order valence-corrected chi connectivity index (χ3v) is 8.83. The maximum absolute atomic E-state index is 13.7. The maximum atomic E-state index is 13.7. The number of sulfonamides is 1. The Morgan fingerprint density at radius 1 is 1.10 bits per heavy atom. The topological polar surface area (TPSA) is 140 Å². The van der Waals surface area contributed by atoms with E-state index in [4.69, 9.17) is 0 Å². The molecule has 2 amide bonds. The SMILES string of the molecule is CN(C)c1ccc(C(=O)Nc2n[nH]c3c2CN(S(=O)(=O)c2cc(F)cc(F)c2)CC3)c(NC(=O)[C@@H]2CCCN2)c1. The van der Waals surface area contributed by atoms with Crippen molar-refractivity contribution in [2.45, 2.75) is 36.7 Å². The number of hydrogen-bond donors (Lipinski definition) is 4. The summed E-state index contributed by atoms with van der Waals surface area (Å²) in [5, 5.41) is 15.7. The minimum absolute atomic E-state index is 0.0560. The van der Waals surface area contributed by atoms with Gasteiger partial charge < -0.3 is 20.9 Å². The van der Waals surface area contributed by atoms with Gasteiger partial charge in [-0.15, -0.1) is 0 Å². The van der Waals surface area contributed by atoms with Gasteiger partial charge in [-0.2, -0.15) is 9.40 Å². The summed E-state index contributed by atoms with van der Waals surface area (Å²) in [6.07, 6.45) is 1.83. The van der Waals surface area contributed by atoms with Crippen molar-refractivity contribution in [2.75, 3.05) is 42.7 Å². The fourth-order valence-electron chi connectivity index (χ4n) is 4.82. The van der Waals surface area contributed by atoms with Crippen LogP contribution in [0.4, 0.5) is 26.0 Å². The number of nitrogens with zero attached hydrogens (tertiary/aromatic N) is 3. The molecule has 1 fully saturated rings. The van der Waals surface area contributed by atoms with Crippen LogP contribution in [0.15, 0.2) is 41.3 Å². The molecule has 14 heteroatoms. The molecule has 3 aromatic rings. The average molecular weight is 574 g/mol. The smallest absolute Gasteiger partial charge is 0.258 e. The van der Waals surface area contributed by atoms with Gasteiger partial charge in [0, 0.05) is 56.6 Å². The Labute approximate surface area is 230 Å². The summed E-state index contributed by atoms with van der Waals surface area (Å²) >= 11 is 0. The number of halogens is 2. The average Bonchev–Trinajstić information content (AvgIpc) is 3.58. The fourth-order valence-corrected chi connectivity index (χ4v) is 6.27. The number of amides is 2. The van der Waals surface area contributed by atoms with Crippen LogP contribution in [0.2, 0.25) is 0 Å². The molecule has 2 aromatic carbocycles. The van der Waals surface area contributed by atoms with E-state index in [2.05, 4.69) is 26.1 Å². The maximum Gasteiger partial charge on any atom is 0.258 e. The van der Waals surface area contributed by atoms with Gasteiger partial charge in [0.05, 0.1) is 22.2 Å². The van der Waals surface area contributed by atoms with E-state index in [-0.39, 0.29) is 42.8 Å². The number of carbonyl (C=O) groups excluding carboxylic acids is 2. The zero-order valence-corrected chi connectivity index (χ0v) is 22.7. The summed E-state index contributed by atoms with van der Waals surface area (Å²) in [5.41, 5.74) is 2.37. The molecule has 1 atom stereocenters. The van der Waals surface area contributed by atoms with Crippen LogP contribution in [0, 0.1) is 11.6 Å². The van der Waals surface area contributed by atoms with Gasteiger partial charge in [-0.25, -0.2) is 17.2 Å². The van der Waals surface area contributed by atoms with E-state index >= 15 is 0 Å². The number of benzene rings is 2. The molecule has 2 aliphatic heterocycles. The van der Waals surface area contributed by atoms with E-state index in [9.17, 15) is 26.8 Å². The molecule has 40 heavy (non-hydrogen) atoms. The number of hydrogen-bond acceptors (Lipinski definition) is 7. The van der Waals surface area contributed by atoms with Crippen LogP contribution >= 0.6 is 0 Å². The molecule has 0 radical (unpaired) electrons. The van der Waals surface area contributed by atoms with Crippen molar-refractivity contribution in [3.63, 3.8) is 0 Å². The van der Waals surface area contributed by atoms with E-state index in [1.165, 1.54) is 0 Å². The Morgan fingerprint density at radius 3 is 2.52 bits per heavy atom. The van der Waals surface area contributed by atoms with Gasteiger partial charge in [0.15, 0.2) is 5.82 Å². The van der Waals surface area contributed by atoms with Gasteiger partial charge in [-0.3, -0.25) is 14.7 Å². The third-order valence-electron chi connectivity index (χ3n) is 7.00. The number of nitrogens with one attached hydrogen (secondary N) is 4. The van der Waals surface area contributed by atoms with Gasteiger partial charge in [0.1, 0.15) is 11.6 Å². The van der Waals surface area contributed by atoms with E-state index in [1.807, 2.05) is 19.0 Å². The van der Waals surface area contributed by atoms with Crippen molar-refractivity contribution < 1.29 is 26.8 Å². The fraction of sp³-hybridized carbons (Fsp3) is 0.346. The van der Waals surface area contributed by atoms with Gasteiger partial charge in [0.2, 0.25) is 15.9 Å². The summed E-state index contributed by atoms with van der Waals surface area (Å²) in [5.74, 6) is -2.67. The second-order valence-electron chi connectivity index (χ2n) is 9.94. The van der Waals surface area contributed by atoms with Crippen molar-refractivity contribution in [3.8, 4) is 0 Å². The molecule has 4 N–H and O–H groups in total. The molecule has 0 unspecified atom stereocenters. The van der Waals surface area contributed by atoms with E-state index < -0.39 is 32.5 Å². The first kappa shape index (κ1) is 27.7. The predicted octanol–water partition coefficient (Wildman–Crippen LogP) is 2.44. The highest BCUT2D eigenvalue weighted by Crippen LogP contribution is 2.30. The Kier molecular flexibility index (Phi) is 7.57. The minimum atomic E-state index is -4.23. The van der Waals surface area contributed by atoms with Crippen molar-refractivity contribution in [1.82, 2.24) is 19.8 Å². The number of carbonyl (C=O) groups is 2. The highest BCUT2D eigenvalue weighted by Gasteiger charge is 2.32. The summed E-state index contributed by atoms with van der Waals surface area (Å²) in [7, 11) is -0.544. The molecule has 0 aliphatic carbocycles. The number of fused-ring (bicyclic) bond motifs is 1. The lowest BCUT2D eigenvalue weighted by Crippen LogP contribution is -2.36. The van der Waals surface area contributed by atoms with Gasteiger partial charge in [0.25, 0.3) is 5.91 Å². The van der Waals surface area contributed by atoms with E-state index in [1.54, 1.807) is 18.2 Å². The standard InChI is InChI=1S/C26H29F2N7O4S/c1-34(2)17-5-6-19(23(13-17)30-26(37)22-4-3-8-29-22)25(36)31-24-20-14-35(9-7-21(20)32-33-24)40(38,39)18-11-15(27)10-16(28)12-18/h5-6,10-13,22,29H,3-4,7-9,14H2,1-2H3,(H,30,37)(H2,31,32,33,36)/t22-/m0/s1. The molecule has 5 rings (SSSR count). The van der Waals surface area contributed by atoms with Crippen molar-refractivity contribution in [2.24, 2.45) is 0 Å². The van der Waals surface area contributed by atoms with E-state index in [0.717, 1.165) is 35.1 Å². The van der Waals surface area contributed by atoms with Crippen molar-refractivity contribution in [1.29, 1.82) is 0 Å². The Hall–Kier alpha value is -3.88. The summed E-state index contributed by atoms with van der Waals surface area (Å²) in [6, 6.07) is 6.82. The number of aromatic nitrogens is 2. The first-order valence-corrected chi connectivity index (χ1v) is 14.2. The lowest BCUT2D eigenvalue weighted by molar-refractivity contribution is -0.117. The Morgan fingerprint density at radius 2 is 1.85 bits per heavy atom. The van der Waals surface area contributed by atoms with Crippen LogP contribution in [0.5, 0.6) is 0 Å². The van der Waals surface area contributed by atoms with Crippen LogP contribution < -0.4 is 20.9 Å². The zero-order chi connectivity index (χ0) is 28.6. The Balaban J connectivity index is 1.39. The van der Waals surface area contributed by atoms with Crippen LogP contribution in [-0.2, 0) is 27.8 Å². The van der Waals surface area contributed by atoms with Crippen LogP contribution in [0.25, 0.3) is 0 Å². The number of aromatic amines is 1. The monoisotopic (exact) mass is 573 g/mol. The van der Waals surface area contributed by atoms with Crippen molar-refractivity contribution >= 4 is 39.0 Å². The molecule has 0 saturated carbocycles. The van der Waals surface area contributed by atoms with Gasteiger partial charge in [-0.05, 0) is 49.7 Å². The van der Waals surface area contributed by atoms with Crippen LogP contribution in [-0.4, -0.2) is 68.0 Å². The highest BCUT2D eigenvalue weighted by molar-refractivity contribution is 7.89. The first-order chi connectivity index (χ1) is 19.0. The van der Waals surface area contributed by atoms with Gasteiger partial charge in [-0.1, -0.05) is 0 Å². The molecule has 212 valence electrons. The minimum Gasteiger partial charge on any atom is -0.378 e. The number of H-pyrrole nitrogens is 1. The highest BCUT2D eigenvalue weighted by atomic mass is 32.2. The number of rotatable bonds is 7. The van der Waals surface area contributed by atoms with Crippen molar-refractivity contribution in [3.05, 3.63) is 64.9 Å². The molecule has 0 bridgehead atoms. The first-order valence-electron chi connectivity index (χ1n) is 12.7. The Bertz CT molecular complexity index is 1550. The predicted molar refractivity (Wildman–Crippen MR) is 145 cm³/mol. The molecular weight excluding hydrogens is 544 g/mol. The number of anilines is 3. The second kappa shape index (κ2) is 10.9. The largest absolute Gasteiger partial charge is 0.378 e. The van der Waals surface area contributed by atoms with Crippen LogP contribution in [0.3, 0.4) is 0 Å². The lowest BCUT2D eigenvalue weighted by Gasteiger charge is -2.26. The normalized spacial score (nSPS) is 17.4. The molecule has 11 nitrogen and oxygen atoms in total. The van der Waals surface area contributed by atoms with E-state index in [0.29, 0.717) is 29.4 Å². The third kappa shape index (κ3) is 5.55. The summed E-state index contributed by atoms with van der Waals surface area (Å²) in [4.78, 5) is 27.6. The molecule has 1 saturated heterocycles. The van der Waals surface area contributed by atoms with Crippen LogP contribution in [0.1, 0.15) is 34.5 Å². The van der Waals surface area contributed by atoms with Gasteiger partial charge >= 0.3 is 0 Å². The molecule has 0 spiro atoms. The zero-order valence-electron chi connectivity index (χ0n) is 21.9. The summed E-state index contributed by atoms with van der Waals surface area (Å²) < 4.78 is 54.8. The summed E-state index contributed by atoms with van der Waals surface area (Å²) in [6.45, 7) is 0.632. The second-order valence-corrected chi connectivity index (χ2v) is 11.9. The molecule has 3 heterocycles. The quantitative estimate of drug-likeness (QED) is 0.341. The molecular formula is C26H29F2N7O4S. The lowest BCUT2D eigenvalue weighted by atomic mass is 10.1.